The van der Waals surface area contributed by atoms with Gasteiger partial charge in [-0.25, -0.2) is 0 Å². The maximum Gasteiger partial charge on any atom is 0.0702 e. The van der Waals surface area contributed by atoms with Gasteiger partial charge in [0, 0.05) is 19.7 Å². The van der Waals surface area contributed by atoms with Crippen molar-refractivity contribution in [2.45, 2.75) is 52.7 Å². The van der Waals surface area contributed by atoms with Gasteiger partial charge >= 0.3 is 0 Å². The molecule has 1 heterocycles. The molecule has 2 heteroatoms. The Labute approximate surface area is 124 Å². The van der Waals surface area contributed by atoms with Crippen molar-refractivity contribution in [2.24, 2.45) is 5.92 Å². The van der Waals surface area contributed by atoms with Gasteiger partial charge in [-0.3, -0.25) is 4.90 Å². The SMILES string of the molecule is Cc1ccc(CN(CCC(C)C)CC2CCCO2)cc1. The maximum absolute atomic E-state index is 5.81. The van der Waals surface area contributed by atoms with Crippen molar-refractivity contribution in [3.05, 3.63) is 35.4 Å². The van der Waals surface area contributed by atoms with Gasteiger partial charge in [-0.05, 0) is 44.2 Å². The fourth-order valence-corrected chi connectivity index (χ4v) is 2.70. The molecular formula is C18H29NO. The molecule has 20 heavy (non-hydrogen) atoms. The smallest absolute Gasteiger partial charge is 0.0702 e. The molecule has 0 saturated carbocycles. The summed E-state index contributed by atoms with van der Waals surface area (Å²) in [6.45, 7) is 11.0. The van der Waals surface area contributed by atoms with Crippen LogP contribution in [-0.2, 0) is 11.3 Å². The highest BCUT2D eigenvalue weighted by atomic mass is 16.5. The van der Waals surface area contributed by atoms with Crippen molar-refractivity contribution in [3.63, 3.8) is 0 Å². The van der Waals surface area contributed by atoms with E-state index in [2.05, 4.69) is 49.9 Å². The van der Waals surface area contributed by atoms with Gasteiger partial charge in [0.1, 0.15) is 0 Å². The lowest BCUT2D eigenvalue weighted by Gasteiger charge is -2.26. The summed E-state index contributed by atoms with van der Waals surface area (Å²) in [5.74, 6) is 0.764. The summed E-state index contributed by atoms with van der Waals surface area (Å²) < 4.78 is 5.81. The maximum atomic E-state index is 5.81. The van der Waals surface area contributed by atoms with Gasteiger partial charge in [0.15, 0.2) is 0 Å². The van der Waals surface area contributed by atoms with Crippen LogP contribution in [0.4, 0.5) is 0 Å². The van der Waals surface area contributed by atoms with Crippen LogP contribution in [0.1, 0.15) is 44.2 Å². The van der Waals surface area contributed by atoms with Crippen molar-refractivity contribution in [1.29, 1.82) is 0 Å². The minimum absolute atomic E-state index is 0.451. The van der Waals surface area contributed by atoms with Crippen molar-refractivity contribution in [2.75, 3.05) is 19.7 Å². The van der Waals surface area contributed by atoms with E-state index >= 15 is 0 Å². The number of hydrogen-bond donors (Lipinski definition) is 0. The number of rotatable bonds is 7. The summed E-state index contributed by atoms with van der Waals surface area (Å²) >= 11 is 0. The third kappa shape index (κ3) is 5.26. The van der Waals surface area contributed by atoms with Gasteiger partial charge in [0.05, 0.1) is 6.10 Å². The van der Waals surface area contributed by atoms with Crippen LogP contribution in [0, 0.1) is 12.8 Å². The fourth-order valence-electron chi connectivity index (χ4n) is 2.70. The topological polar surface area (TPSA) is 12.5 Å². The summed E-state index contributed by atoms with van der Waals surface area (Å²) in [7, 11) is 0. The molecule has 0 radical (unpaired) electrons. The average Bonchev–Trinajstić information content (AvgIpc) is 2.91. The first-order chi connectivity index (χ1) is 9.63. The standard InChI is InChI=1S/C18H29NO/c1-15(2)10-11-19(14-18-5-4-12-20-18)13-17-8-6-16(3)7-9-17/h6-9,15,18H,4-5,10-14H2,1-3H3. The summed E-state index contributed by atoms with van der Waals surface area (Å²) in [6, 6.07) is 8.94. The summed E-state index contributed by atoms with van der Waals surface area (Å²) in [5, 5.41) is 0. The van der Waals surface area contributed by atoms with Crippen LogP contribution < -0.4 is 0 Å². The highest BCUT2D eigenvalue weighted by Gasteiger charge is 2.19. The van der Waals surface area contributed by atoms with Gasteiger partial charge in [-0.15, -0.1) is 0 Å². The molecule has 0 bridgehead atoms. The summed E-state index contributed by atoms with van der Waals surface area (Å²) in [5.41, 5.74) is 2.75. The Morgan fingerprint density at radius 3 is 2.60 bits per heavy atom. The molecule has 1 unspecified atom stereocenters. The fraction of sp³-hybridized carbons (Fsp3) is 0.667. The lowest BCUT2D eigenvalue weighted by atomic mass is 10.1. The molecule has 1 aliphatic heterocycles. The first-order valence-corrected chi connectivity index (χ1v) is 8.03. The molecule has 2 rings (SSSR count). The molecule has 1 fully saturated rings. The van der Waals surface area contributed by atoms with Crippen LogP contribution in [-0.4, -0.2) is 30.7 Å². The molecule has 1 aliphatic rings. The molecule has 112 valence electrons. The Balaban J connectivity index is 1.91. The minimum atomic E-state index is 0.451. The predicted octanol–water partition coefficient (Wildman–Crippen LogP) is 4.02. The molecular weight excluding hydrogens is 246 g/mol. The molecule has 1 atom stereocenters. The van der Waals surface area contributed by atoms with Crippen molar-refractivity contribution in [1.82, 2.24) is 4.90 Å². The molecule has 0 N–H and O–H groups in total. The number of ether oxygens (including phenoxy) is 1. The van der Waals surface area contributed by atoms with Gasteiger partial charge < -0.3 is 4.74 Å². The van der Waals surface area contributed by atoms with Crippen molar-refractivity contribution >= 4 is 0 Å². The van der Waals surface area contributed by atoms with E-state index in [1.54, 1.807) is 0 Å². The molecule has 2 nitrogen and oxygen atoms in total. The van der Waals surface area contributed by atoms with E-state index in [4.69, 9.17) is 4.74 Å². The molecule has 1 saturated heterocycles. The Hall–Kier alpha value is -0.860. The Bertz CT molecular complexity index is 379. The molecule has 0 aromatic heterocycles. The Morgan fingerprint density at radius 2 is 2.00 bits per heavy atom. The van der Waals surface area contributed by atoms with Crippen molar-refractivity contribution in [3.8, 4) is 0 Å². The monoisotopic (exact) mass is 275 g/mol. The number of aryl methyl sites for hydroxylation is 1. The third-order valence-corrected chi connectivity index (χ3v) is 4.04. The summed E-state index contributed by atoms with van der Waals surface area (Å²) in [4.78, 5) is 2.57. The molecule has 1 aromatic carbocycles. The zero-order valence-corrected chi connectivity index (χ0v) is 13.3. The molecule has 1 aromatic rings. The quantitative estimate of drug-likeness (QED) is 0.745. The normalized spacial score (nSPS) is 19.1. The first-order valence-electron chi connectivity index (χ1n) is 8.03. The minimum Gasteiger partial charge on any atom is -0.377 e. The van der Waals surface area contributed by atoms with Crippen LogP contribution in [0.25, 0.3) is 0 Å². The Morgan fingerprint density at radius 1 is 1.25 bits per heavy atom. The number of benzene rings is 1. The van der Waals surface area contributed by atoms with E-state index in [1.165, 1.54) is 36.9 Å². The van der Waals surface area contributed by atoms with Gasteiger partial charge in [0.2, 0.25) is 0 Å². The number of nitrogens with zero attached hydrogens (tertiary/aromatic N) is 1. The van der Waals surface area contributed by atoms with Crippen LogP contribution >= 0.6 is 0 Å². The molecule has 0 amide bonds. The zero-order chi connectivity index (χ0) is 14.4. The molecule has 0 aliphatic carbocycles. The van der Waals surface area contributed by atoms with E-state index in [9.17, 15) is 0 Å². The highest BCUT2D eigenvalue weighted by Crippen LogP contribution is 2.16. The zero-order valence-electron chi connectivity index (χ0n) is 13.3. The van der Waals surface area contributed by atoms with Crippen LogP contribution in [0.2, 0.25) is 0 Å². The van der Waals surface area contributed by atoms with Crippen molar-refractivity contribution < 1.29 is 4.74 Å². The second-order valence-corrected chi connectivity index (χ2v) is 6.54. The number of hydrogen-bond acceptors (Lipinski definition) is 2. The molecule has 0 spiro atoms. The van der Waals surface area contributed by atoms with Gasteiger partial charge in [0.25, 0.3) is 0 Å². The van der Waals surface area contributed by atoms with Crippen LogP contribution in [0.3, 0.4) is 0 Å². The highest BCUT2D eigenvalue weighted by molar-refractivity contribution is 5.21. The van der Waals surface area contributed by atoms with E-state index in [1.807, 2.05) is 0 Å². The second kappa shape index (κ2) is 7.80. The Kier molecular flexibility index (Phi) is 6.06. The van der Waals surface area contributed by atoms with Crippen LogP contribution in [0.15, 0.2) is 24.3 Å². The lowest BCUT2D eigenvalue weighted by molar-refractivity contribution is 0.0689. The largest absolute Gasteiger partial charge is 0.377 e. The lowest BCUT2D eigenvalue weighted by Crippen LogP contribution is -2.33. The first kappa shape index (κ1) is 15.5. The van der Waals surface area contributed by atoms with Gasteiger partial charge in [-0.2, -0.15) is 0 Å². The van der Waals surface area contributed by atoms with Gasteiger partial charge in [-0.1, -0.05) is 43.7 Å². The summed E-state index contributed by atoms with van der Waals surface area (Å²) in [6.07, 6.45) is 4.17. The second-order valence-electron chi connectivity index (χ2n) is 6.54. The average molecular weight is 275 g/mol. The third-order valence-electron chi connectivity index (χ3n) is 4.04. The van der Waals surface area contributed by atoms with E-state index in [0.29, 0.717) is 6.10 Å². The van der Waals surface area contributed by atoms with Crippen LogP contribution in [0.5, 0.6) is 0 Å². The van der Waals surface area contributed by atoms with E-state index in [-0.39, 0.29) is 0 Å². The van der Waals surface area contributed by atoms with E-state index in [0.717, 1.165) is 25.6 Å². The predicted molar refractivity (Wildman–Crippen MR) is 84.9 cm³/mol. The van der Waals surface area contributed by atoms with E-state index < -0.39 is 0 Å².